The molecule has 0 bridgehead atoms. The molecule has 0 rings (SSSR count). The summed E-state index contributed by atoms with van der Waals surface area (Å²) in [4.78, 5) is 11.4. The molecule has 15 heavy (non-hydrogen) atoms. The van der Waals surface area contributed by atoms with Gasteiger partial charge in [0.1, 0.15) is 0 Å². The highest BCUT2D eigenvalue weighted by Crippen LogP contribution is 2.02. The molecule has 5 heteroatoms. The number of aliphatic hydroxyl groups is 1. The Bertz CT molecular complexity index is 174. The number of hydrogen-bond acceptors (Lipinski definition) is 4. The maximum atomic E-state index is 11.4. The zero-order valence-electron chi connectivity index (χ0n) is 9.53. The Morgan fingerprint density at radius 1 is 1.47 bits per heavy atom. The second-order valence-corrected chi connectivity index (χ2v) is 3.86. The fourth-order valence-electron chi connectivity index (χ4n) is 1.16. The van der Waals surface area contributed by atoms with E-state index < -0.39 is 6.04 Å². The van der Waals surface area contributed by atoms with E-state index in [1.54, 1.807) is 0 Å². The molecule has 1 atom stereocenters. The number of aliphatic hydroxyl groups excluding tert-OH is 1. The average Bonchev–Trinajstić information content (AvgIpc) is 2.16. The zero-order valence-corrected chi connectivity index (χ0v) is 9.53. The van der Waals surface area contributed by atoms with Crippen LogP contribution in [0.1, 0.15) is 20.3 Å². The lowest BCUT2D eigenvalue weighted by Crippen LogP contribution is -2.42. The van der Waals surface area contributed by atoms with Gasteiger partial charge in [0.2, 0.25) is 5.91 Å². The van der Waals surface area contributed by atoms with Gasteiger partial charge in [0.05, 0.1) is 25.9 Å². The first-order valence-corrected chi connectivity index (χ1v) is 5.29. The lowest BCUT2D eigenvalue weighted by Gasteiger charge is -2.13. The van der Waals surface area contributed by atoms with Gasteiger partial charge in [0.15, 0.2) is 0 Å². The SMILES string of the molecule is CC(C)CC(N)C(=O)NCCOCCO. The molecule has 0 aromatic rings. The first kappa shape index (κ1) is 14.3. The standard InChI is InChI=1S/C10H22N2O3/c1-8(2)7-9(11)10(14)12-3-5-15-6-4-13/h8-9,13H,3-7,11H2,1-2H3,(H,12,14). The summed E-state index contributed by atoms with van der Waals surface area (Å²) in [6, 6.07) is -0.442. The van der Waals surface area contributed by atoms with E-state index in [4.69, 9.17) is 15.6 Å². The van der Waals surface area contributed by atoms with Crippen molar-refractivity contribution in [3.63, 3.8) is 0 Å². The molecule has 0 saturated heterocycles. The topological polar surface area (TPSA) is 84.6 Å². The quantitative estimate of drug-likeness (QED) is 0.479. The zero-order chi connectivity index (χ0) is 11.7. The van der Waals surface area contributed by atoms with Crippen LogP contribution in [0.25, 0.3) is 0 Å². The average molecular weight is 218 g/mol. The summed E-state index contributed by atoms with van der Waals surface area (Å²) in [5.74, 6) is 0.271. The Morgan fingerprint density at radius 2 is 2.13 bits per heavy atom. The predicted molar refractivity (Wildman–Crippen MR) is 58.3 cm³/mol. The molecular formula is C10H22N2O3. The van der Waals surface area contributed by atoms with Gasteiger partial charge in [-0.1, -0.05) is 13.8 Å². The van der Waals surface area contributed by atoms with Crippen LogP contribution in [0.4, 0.5) is 0 Å². The molecule has 0 aliphatic heterocycles. The molecule has 0 radical (unpaired) electrons. The first-order valence-electron chi connectivity index (χ1n) is 5.29. The van der Waals surface area contributed by atoms with Crippen LogP contribution in [0, 0.1) is 5.92 Å². The third kappa shape index (κ3) is 8.35. The Hall–Kier alpha value is -0.650. The molecule has 1 amide bonds. The van der Waals surface area contributed by atoms with E-state index in [1.165, 1.54) is 0 Å². The number of ether oxygens (including phenoxy) is 1. The van der Waals surface area contributed by atoms with E-state index in [9.17, 15) is 4.79 Å². The van der Waals surface area contributed by atoms with Gasteiger partial charge in [-0.2, -0.15) is 0 Å². The predicted octanol–water partition coefficient (Wildman–Crippen LogP) is -0.515. The van der Waals surface area contributed by atoms with Crippen LogP contribution in [0.15, 0.2) is 0 Å². The smallest absolute Gasteiger partial charge is 0.237 e. The van der Waals surface area contributed by atoms with E-state index in [-0.39, 0.29) is 12.5 Å². The number of nitrogens with two attached hydrogens (primary N) is 1. The summed E-state index contributed by atoms with van der Waals surface area (Å²) >= 11 is 0. The van der Waals surface area contributed by atoms with Gasteiger partial charge in [-0.05, 0) is 12.3 Å². The summed E-state index contributed by atoms with van der Waals surface area (Å²) in [6.07, 6.45) is 0.684. The minimum absolute atomic E-state index is 0.000803. The molecule has 0 aromatic heterocycles. The molecule has 4 N–H and O–H groups in total. The number of rotatable bonds is 8. The summed E-state index contributed by atoms with van der Waals surface area (Å²) in [7, 11) is 0. The maximum Gasteiger partial charge on any atom is 0.237 e. The molecule has 0 aliphatic rings. The summed E-state index contributed by atoms with van der Waals surface area (Å²) in [5.41, 5.74) is 5.67. The fourth-order valence-corrected chi connectivity index (χ4v) is 1.16. The minimum Gasteiger partial charge on any atom is -0.394 e. The molecule has 0 aliphatic carbocycles. The molecule has 5 nitrogen and oxygen atoms in total. The lowest BCUT2D eigenvalue weighted by atomic mass is 10.0. The number of amides is 1. The Kier molecular flexibility index (Phi) is 8.27. The highest BCUT2D eigenvalue weighted by atomic mass is 16.5. The van der Waals surface area contributed by atoms with E-state index >= 15 is 0 Å². The number of nitrogens with one attached hydrogen (secondary N) is 1. The highest BCUT2D eigenvalue weighted by Gasteiger charge is 2.13. The third-order valence-corrected chi connectivity index (χ3v) is 1.84. The van der Waals surface area contributed by atoms with Gasteiger partial charge >= 0.3 is 0 Å². The number of carbonyl (C=O) groups excluding carboxylic acids is 1. The number of carbonyl (C=O) groups is 1. The van der Waals surface area contributed by atoms with Gasteiger partial charge in [-0.3, -0.25) is 4.79 Å². The molecule has 0 heterocycles. The third-order valence-electron chi connectivity index (χ3n) is 1.84. The highest BCUT2D eigenvalue weighted by molar-refractivity contribution is 5.81. The van der Waals surface area contributed by atoms with Gasteiger partial charge < -0.3 is 20.9 Å². The molecule has 1 unspecified atom stereocenters. The van der Waals surface area contributed by atoms with Gasteiger partial charge in [-0.15, -0.1) is 0 Å². The summed E-state index contributed by atoms with van der Waals surface area (Å²) in [5, 5.41) is 11.1. The van der Waals surface area contributed by atoms with Gasteiger partial charge in [0, 0.05) is 6.54 Å². The number of hydrogen-bond donors (Lipinski definition) is 3. The van der Waals surface area contributed by atoms with Crippen LogP contribution < -0.4 is 11.1 Å². The van der Waals surface area contributed by atoms with Crippen molar-refractivity contribution in [3.8, 4) is 0 Å². The first-order chi connectivity index (χ1) is 7.07. The van der Waals surface area contributed by atoms with E-state index in [0.29, 0.717) is 32.1 Å². The summed E-state index contributed by atoms with van der Waals surface area (Å²) < 4.78 is 4.99. The van der Waals surface area contributed by atoms with Gasteiger partial charge in [-0.25, -0.2) is 0 Å². The van der Waals surface area contributed by atoms with Crippen molar-refractivity contribution in [2.75, 3.05) is 26.4 Å². The largest absolute Gasteiger partial charge is 0.394 e. The van der Waals surface area contributed by atoms with Crippen molar-refractivity contribution < 1.29 is 14.6 Å². The van der Waals surface area contributed by atoms with Crippen LogP contribution in [-0.2, 0) is 9.53 Å². The van der Waals surface area contributed by atoms with Crippen molar-refractivity contribution in [2.24, 2.45) is 11.7 Å². The van der Waals surface area contributed by atoms with Crippen molar-refractivity contribution in [3.05, 3.63) is 0 Å². The van der Waals surface area contributed by atoms with Crippen molar-refractivity contribution in [2.45, 2.75) is 26.3 Å². The second kappa shape index (κ2) is 8.64. The van der Waals surface area contributed by atoms with Crippen LogP contribution in [0.3, 0.4) is 0 Å². The Labute approximate surface area is 91.0 Å². The molecule has 90 valence electrons. The van der Waals surface area contributed by atoms with E-state index in [0.717, 1.165) is 0 Å². The molecule has 0 saturated carbocycles. The van der Waals surface area contributed by atoms with Crippen LogP contribution in [0.2, 0.25) is 0 Å². The van der Waals surface area contributed by atoms with Crippen LogP contribution in [-0.4, -0.2) is 43.4 Å². The van der Waals surface area contributed by atoms with Crippen molar-refractivity contribution in [1.29, 1.82) is 0 Å². The van der Waals surface area contributed by atoms with Crippen LogP contribution >= 0.6 is 0 Å². The Morgan fingerprint density at radius 3 is 2.67 bits per heavy atom. The van der Waals surface area contributed by atoms with E-state index in [1.807, 2.05) is 13.8 Å². The lowest BCUT2D eigenvalue weighted by molar-refractivity contribution is -0.122. The maximum absolute atomic E-state index is 11.4. The van der Waals surface area contributed by atoms with Crippen molar-refractivity contribution in [1.82, 2.24) is 5.32 Å². The molecular weight excluding hydrogens is 196 g/mol. The summed E-state index contributed by atoms with van der Waals surface area (Å²) in [6.45, 7) is 5.19. The van der Waals surface area contributed by atoms with Crippen molar-refractivity contribution >= 4 is 5.91 Å². The molecule has 0 fully saturated rings. The van der Waals surface area contributed by atoms with E-state index in [2.05, 4.69) is 5.32 Å². The molecule has 0 aromatic carbocycles. The van der Waals surface area contributed by atoms with Crippen LogP contribution in [0.5, 0.6) is 0 Å². The Balaban J connectivity index is 3.47. The minimum atomic E-state index is -0.442. The molecule has 0 spiro atoms. The van der Waals surface area contributed by atoms with Gasteiger partial charge in [0.25, 0.3) is 0 Å². The fraction of sp³-hybridized carbons (Fsp3) is 0.900. The normalized spacial score (nSPS) is 12.9. The second-order valence-electron chi connectivity index (χ2n) is 3.86. The monoisotopic (exact) mass is 218 g/mol.